The zero-order valence-corrected chi connectivity index (χ0v) is 42.1. The molecule has 0 amide bonds. The maximum absolute atomic E-state index is 11.8. The largest absolute Gasteiger partial charge is 0.313 e. The van der Waals surface area contributed by atoms with Crippen molar-refractivity contribution in [2.45, 2.75) is 43.0 Å². The minimum atomic E-state index is -4.99. The SMILES string of the molecule is Cc1ccnc2c1ccc1c(C)c(S(=O)(=O)O)c(S(=O)(=O)O)nc12.O=C(CC(=O)c1ccccc1)c1ccccc1.O=C(CC(=O)c1ccccc1)c1ccccc1.O=C(CC(=O)c1ccccc1)c1ccccc1. The van der Waals surface area contributed by atoms with Gasteiger partial charge in [-0.15, -0.1) is 0 Å². The van der Waals surface area contributed by atoms with E-state index < -0.39 is 30.2 Å². The number of fused-ring (bicyclic) bond motifs is 3. The molecule has 0 spiro atoms. The lowest BCUT2D eigenvalue weighted by Gasteiger charge is -2.12. The molecule has 0 unspecified atom stereocenters. The first-order valence-corrected chi connectivity index (χ1v) is 25.8. The van der Waals surface area contributed by atoms with Gasteiger partial charge in [-0.25, -0.2) is 4.98 Å². The van der Waals surface area contributed by atoms with Crippen molar-refractivity contribution in [1.29, 1.82) is 0 Å². The molecule has 2 aromatic heterocycles. The molecule has 2 heterocycles. The molecule has 378 valence electrons. The summed E-state index contributed by atoms with van der Waals surface area (Å²) in [5, 5.41) is -0.107. The molecule has 14 nitrogen and oxygen atoms in total. The van der Waals surface area contributed by atoms with Gasteiger partial charge >= 0.3 is 10.1 Å². The van der Waals surface area contributed by atoms with E-state index in [1.54, 1.807) is 164 Å². The molecule has 0 saturated heterocycles. The summed E-state index contributed by atoms with van der Waals surface area (Å²) in [7, 11) is -9.91. The second-order valence-corrected chi connectivity index (χ2v) is 19.3. The summed E-state index contributed by atoms with van der Waals surface area (Å²) < 4.78 is 65.1. The molecule has 0 aliphatic rings. The number of carbonyl (C=O) groups is 6. The number of carbonyl (C=O) groups excluding carboxylic acids is 6. The Morgan fingerprint density at radius 3 is 0.920 bits per heavy atom. The Kier molecular flexibility index (Phi) is 19.0. The summed E-state index contributed by atoms with van der Waals surface area (Å²) in [6.45, 7) is 3.16. The summed E-state index contributed by atoms with van der Waals surface area (Å²) in [6.07, 6.45) is 1.29. The predicted octanol–water partition coefficient (Wildman–Crippen LogP) is 11.3. The Balaban J connectivity index is 0.000000165. The Morgan fingerprint density at radius 1 is 0.373 bits per heavy atom. The highest BCUT2D eigenvalue weighted by Gasteiger charge is 2.30. The number of aryl methyl sites for hydroxylation is 2. The van der Waals surface area contributed by atoms with Crippen LogP contribution in [0.25, 0.3) is 21.8 Å². The third-order valence-electron chi connectivity index (χ3n) is 11.3. The van der Waals surface area contributed by atoms with Gasteiger partial charge in [0.05, 0.1) is 30.3 Å². The van der Waals surface area contributed by atoms with Crippen molar-refractivity contribution in [1.82, 2.24) is 9.97 Å². The predicted molar refractivity (Wildman–Crippen MR) is 285 cm³/mol. The zero-order chi connectivity index (χ0) is 54.1. The highest BCUT2D eigenvalue weighted by Crippen LogP contribution is 2.33. The van der Waals surface area contributed by atoms with E-state index in [1.807, 2.05) is 43.3 Å². The van der Waals surface area contributed by atoms with Gasteiger partial charge in [-0.3, -0.25) is 42.9 Å². The van der Waals surface area contributed by atoms with Crippen LogP contribution in [-0.4, -0.2) is 70.6 Å². The summed E-state index contributed by atoms with van der Waals surface area (Å²) >= 11 is 0. The zero-order valence-electron chi connectivity index (χ0n) is 40.4. The molecule has 0 bridgehead atoms. The number of ketones is 6. The molecule has 16 heteroatoms. The number of hydrogen-bond donors (Lipinski definition) is 2. The minimum Gasteiger partial charge on any atom is -0.294 e. The quantitative estimate of drug-likeness (QED) is 0.0446. The van der Waals surface area contributed by atoms with E-state index >= 15 is 0 Å². The Morgan fingerprint density at radius 2 is 0.653 bits per heavy atom. The van der Waals surface area contributed by atoms with Crippen molar-refractivity contribution in [3.05, 3.63) is 251 Å². The van der Waals surface area contributed by atoms with Crippen LogP contribution in [0, 0.1) is 13.8 Å². The van der Waals surface area contributed by atoms with Crippen LogP contribution in [0.2, 0.25) is 0 Å². The number of aromatic nitrogens is 2. The molecule has 0 fully saturated rings. The van der Waals surface area contributed by atoms with E-state index in [2.05, 4.69) is 9.97 Å². The van der Waals surface area contributed by atoms with Gasteiger partial charge in [0.2, 0.25) is 5.03 Å². The summed E-state index contributed by atoms with van der Waals surface area (Å²) in [5.74, 6) is -0.836. The Labute approximate surface area is 433 Å². The van der Waals surface area contributed by atoms with Gasteiger partial charge in [0, 0.05) is 50.4 Å². The van der Waals surface area contributed by atoms with Gasteiger partial charge in [0.25, 0.3) is 10.1 Å². The van der Waals surface area contributed by atoms with E-state index in [9.17, 15) is 54.7 Å². The number of rotatable bonds is 14. The van der Waals surface area contributed by atoms with Gasteiger partial charge in [0.15, 0.2) is 34.7 Å². The van der Waals surface area contributed by atoms with E-state index in [0.29, 0.717) is 49.7 Å². The van der Waals surface area contributed by atoms with Crippen LogP contribution in [-0.2, 0) is 20.2 Å². The first kappa shape index (κ1) is 55.5. The molecule has 0 atom stereocenters. The van der Waals surface area contributed by atoms with Crippen molar-refractivity contribution in [2.75, 3.05) is 0 Å². The molecule has 9 rings (SSSR count). The lowest BCUT2D eigenvalue weighted by atomic mass is 10.0. The van der Waals surface area contributed by atoms with E-state index in [0.717, 1.165) is 5.56 Å². The van der Waals surface area contributed by atoms with Crippen molar-refractivity contribution in [3.8, 4) is 0 Å². The third kappa shape index (κ3) is 15.4. The normalized spacial score (nSPS) is 10.8. The van der Waals surface area contributed by atoms with Crippen molar-refractivity contribution in [3.63, 3.8) is 0 Å². The first-order valence-electron chi connectivity index (χ1n) is 23.0. The van der Waals surface area contributed by atoms with Crippen LogP contribution in [0.3, 0.4) is 0 Å². The van der Waals surface area contributed by atoms with Crippen LogP contribution in [0.4, 0.5) is 0 Å². The maximum atomic E-state index is 11.8. The van der Waals surface area contributed by atoms with Crippen molar-refractivity contribution < 1.29 is 54.7 Å². The fourth-order valence-corrected chi connectivity index (χ4v) is 9.45. The Bertz CT molecular complexity index is 3340. The van der Waals surface area contributed by atoms with Crippen LogP contribution in [0.15, 0.2) is 216 Å². The number of nitrogens with zero attached hydrogens (tertiary/aromatic N) is 2. The molecular formula is C59H48N2O12S2. The Hall–Kier alpha value is -8.80. The number of Topliss-reactive ketones (excluding diaryl/α,β-unsaturated/α-hetero) is 6. The highest BCUT2D eigenvalue weighted by atomic mass is 32.2. The van der Waals surface area contributed by atoms with Gasteiger partial charge in [-0.05, 0) is 31.0 Å². The maximum Gasteiger partial charge on any atom is 0.313 e. The monoisotopic (exact) mass is 1040 g/mol. The highest BCUT2D eigenvalue weighted by molar-refractivity contribution is 7.89. The standard InChI is InChI=1S/3C15H12O2.C14H12N2O6S2/c3*16-14(12-7-3-1-4-8-12)11-15(17)13-9-5-2-6-10-13;1-7-5-6-15-11-9(7)3-4-10-8(2)13(23(17,18)19)14(16-12(10)11)24(20,21)22/h3*1-10H,11H2;3-6H,1-2H3,(H,17,18,19)(H,20,21,22). The molecule has 0 radical (unpaired) electrons. The van der Waals surface area contributed by atoms with Gasteiger partial charge < -0.3 is 0 Å². The molecular weight excluding hydrogens is 993 g/mol. The third-order valence-corrected chi connectivity index (χ3v) is 13.2. The van der Waals surface area contributed by atoms with Crippen molar-refractivity contribution >= 4 is 76.7 Å². The number of benzene rings is 7. The fourth-order valence-electron chi connectivity index (χ4n) is 7.47. The summed E-state index contributed by atoms with van der Waals surface area (Å²) in [5.41, 5.74) is 4.79. The average molecular weight is 1040 g/mol. The van der Waals surface area contributed by atoms with E-state index in [4.69, 9.17) is 0 Å². The molecule has 75 heavy (non-hydrogen) atoms. The minimum absolute atomic E-state index is 0.0414. The lowest BCUT2D eigenvalue weighted by molar-refractivity contribution is 0.0878. The van der Waals surface area contributed by atoms with Gasteiger partial charge in [0.1, 0.15) is 4.90 Å². The van der Waals surface area contributed by atoms with Crippen LogP contribution < -0.4 is 0 Å². The molecule has 0 aliphatic carbocycles. The lowest BCUT2D eigenvalue weighted by Crippen LogP contribution is -2.13. The molecule has 0 aliphatic heterocycles. The van der Waals surface area contributed by atoms with Crippen LogP contribution >= 0.6 is 0 Å². The first-order chi connectivity index (χ1) is 35.8. The average Bonchev–Trinajstić information content (AvgIpc) is 3.43. The van der Waals surface area contributed by atoms with Crippen LogP contribution in [0.1, 0.15) is 92.5 Å². The van der Waals surface area contributed by atoms with E-state index in [-0.39, 0.29) is 65.0 Å². The van der Waals surface area contributed by atoms with Crippen LogP contribution in [0.5, 0.6) is 0 Å². The summed E-state index contributed by atoms with van der Waals surface area (Å²) in [6, 6.07) is 58.3. The second-order valence-electron chi connectivity index (χ2n) is 16.6. The molecule has 9 aromatic rings. The number of pyridine rings is 2. The topological polar surface area (TPSA) is 237 Å². The fraction of sp³-hybridized carbons (Fsp3) is 0.0847. The molecule has 7 aromatic carbocycles. The molecule has 0 saturated carbocycles. The number of hydrogen-bond acceptors (Lipinski definition) is 12. The summed E-state index contributed by atoms with van der Waals surface area (Å²) in [4.78, 5) is 77.9. The smallest absolute Gasteiger partial charge is 0.294 e. The van der Waals surface area contributed by atoms with Gasteiger partial charge in [-0.2, -0.15) is 16.8 Å². The van der Waals surface area contributed by atoms with E-state index in [1.165, 1.54) is 13.1 Å². The van der Waals surface area contributed by atoms with Gasteiger partial charge in [-0.1, -0.05) is 194 Å². The van der Waals surface area contributed by atoms with Crippen molar-refractivity contribution in [2.24, 2.45) is 0 Å². The second kappa shape index (κ2) is 25.7. The molecule has 2 N–H and O–H groups in total.